The number of nitrogens with zero attached hydrogens (tertiary/aromatic N) is 3. The summed E-state index contributed by atoms with van der Waals surface area (Å²) in [5, 5.41) is 10.8. The minimum Gasteiger partial charge on any atom is -0.298 e. The lowest BCUT2D eigenvalue weighted by Gasteiger charge is -2.27. The number of carbonyl (C=O) groups is 1. The van der Waals surface area contributed by atoms with E-state index in [9.17, 15) is 14.9 Å². The summed E-state index contributed by atoms with van der Waals surface area (Å²) in [5.74, 6) is 0.578. The van der Waals surface area contributed by atoms with E-state index in [1.165, 1.54) is 12.1 Å². The van der Waals surface area contributed by atoms with E-state index in [-0.39, 0.29) is 11.6 Å². The molecule has 0 atom stereocenters. The Kier molecular flexibility index (Phi) is 5.14. The Morgan fingerprint density at radius 2 is 1.43 bits per heavy atom. The smallest absolute Gasteiger partial charge is 0.269 e. The molecular weight excluding hydrogens is 378 g/mol. The van der Waals surface area contributed by atoms with Gasteiger partial charge in [-0.15, -0.1) is 0 Å². The molecule has 0 saturated carbocycles. The summed E-state index contributed by atoms with van der Waals surface area (Å²) in [6.07, 6.45) is 0.580. The van der Waals surface area contributed by atoms with Gasteiger partial charge in [-0.1, -0.05) is 72.8 Å². The number of amidine groups is 1. The van der Waals surface area contributed by atoms with Crippen molar-refractivity contribution in [1.82, 2.24) is 4.90 Å². The van der Waals surface area contributed by atoms with E-state index in [0.717, 1.165) is 16.7 Å². The Bertz CT molecular complexity index is 1050. The molecular formula is C24H21N3O3. The van der Waals surface area contributed by atoms with Crippen LogP contribution in [0.25, 0.3) is 0 Å². The standard InChI is InChI=1S/C24H21N3O3/c1-18-25-24(20-8-4-2-5-9-20,21-10-6-3-7-11-21)23(28)26(18)17-16-19-12-14-22(15-13-19)27(29)30/h2-15H,16-17H2,1H3. The Morgan fingerprint density at radius 3 is 1.93 bits per heavy atom. The van der Waals surface area contributed by atoms with Crippen LogP contribution < -0.4 is 0 Å². The normalized spacial score (nSPS) is 15.2. The average molecular weight is 399 g/mol. The van der Waals surface area contributed by atoms with Gasteiger partial charge in [-0.2, -0.15) is 0 Å². The summed E-state index contributed by atoms with van der Waals surface area (Å²) in [7, 11) is 0. The van der Waals surface area contributed by atoms with Crippen LogP contribution in [0.3, 0.4) is 0 Å². The zero-order valence-corrected chi connectivity index (χ0v) is 16.6. The first kappa shape index (κ1) is 19.5. The molecule has 30 heavy (non-hydrogen) atoms. The van der Waals surface area contributed by atoms with E-state index in [4.69, 9.17) is 4.99 Å². The van der Waals surface area contributed by atoms with Gasteiger partial charge in [-0.3, -0.25) is 19.8 Å². The fourth-order valence-corrected chi connectivity index (χ4v) is 3.88. The van der Waals surface area contributed by atoms with Crippen molar-refractivity contribution in [1.29, 1.82) is 0 Å². The molecule has 4 rings (SSSR count). The summed E-state index contributed by atoms with van der Waals surface area (Å²) < 4.78 is 0. The molecule has 6 heteroatoms. The van der Waals surface area contributed by atoms with Crippen molar-refractivity contribution in [3.05, 3.63) is 112 Å². The predicted molar refractivity (Wildman–Crippen MR) is 115 cm³/mol. The second-order valence-corrected chi connectivity index (χ2v) is 7.23. The minimum atomic E-state index is -1.10. The van der Waals surface area contributed by atoms with Crippen LogP contribution in [0.5, 0.6) is 0 Å². The zero-order chi connectivity index (χ0) is 21.1. The second-order valence-electron chi connectivity index (χ2n) is 7.23. The molecule has 3 aromatic carbocycles. The number of aliphatic imine (C=N–C) groups is 1. The van der Waals surface area contributed by atoms with Gasteiger partial charge in [0.05, 0.1) is 4.92 Å². The maximum Gasteiger partial charge on any atom is 0.269 e. The van der Waals surface area contributed by atoms with Gasteiger partial charge in [-0.25, -0.2) is 4.99 Å². The number of carbonyl (C=O) groups excluding carboxylic acids is 1. The van der Waals surface area contributed by atoms with Crippen molar-refractivity contribution in [3.8, 4) is 0 Å². The van der Waals surface area contributed by atoms with Crippen LogP contribution >= 0.6 is 0 Å². The lowest BCUT2D eigenvalue weighted by molar-refractivity contribution is -0.384. The molecule has 1 heterocycles. The number of non-ortho nitro benzene ring substituents is 1. The second kappa shape index (κ2) is 7.91. The molecule has 0 spiro atoms. The van der Waals surface area contributed by atoms with E-state index in [2.05, 4.69) is 0 Å². The third kappa shape index (κ3) is 3.37. The molecule has 1 aliphatic heterocycles. The minimum absolute atomic E-state index is 0.0564. The van der Waals surface area contributed by atoms with Crippen LogP contribution in [0.4, 0.5) is 5.69 Å². The molecule has 0 fully saturated rings. The molecule has 0 bridgehead atoms. The van der Waals surface area contributed by atoms with Gasteiger partial charge in [0.1, 0.15) is 5.84 Å². The average Bonchev–Trinajstić information content (AvgIpc) is 3.04. The Labute approximate surface area is 174 Å². The fourth-order valence-electron chi connectivity index (χ4n) is 3.88. The van der Waals surface area contributed by atoms with Gasteiger partial charge in [0.25, 0.3) is 11.6 Å². The van der Waals surface area contributed by atoms with Gasteiger partial charge in [-0.05, 0) is 30.0 Å². The summed E-state index contributed by atoms with van der Waals surface area (Å²) in [5.41, 5.74) is 1.55. The Hall–Kier alpha value is -3.80. The van der Waals surface area contributed by atoms with Crippen LogP contribution in [0, 0.1) is 10.1 Å². The SMILES string of the molecule is CC1=NC(c2ccccc2)(c2ccccc2)C(=O)N1CCc1ccc([N+](=O)[O-])cc1. The maximum atomic E-state index is 13.7. The van der Waals surface area contributed by atoms with E-state index in [0.29, 0.717) is 18.8 Å². The van der Waals surface area contributed by atoms with Gasteiger partial charge in [0, 0.05) is 18.7 Å². The maximum absolute atomic E-state index is 13.7. The van der Waals surface area contributed by atoms with Gasteiger partial charge in [0.15, 0.2) is 5.54 Å². The number of amides is 1. The molecule has 0 radical (unpaired) electrons. The molecule has 0 N–H and O–H groups in total. The van der Waals surface area contributed by atoms with Crippen LogP contribution in [0.1, 0.15) is 23.6 Å². The summed E-state index contributed by atoms with van der Waals surface area (Å²) >= 11 is 0. The molecule has 1 aliphatic rings. The molecule has 0 aliphatic carbocycles. The number of nitro groups is 1. The van der Waals surface area contributed by atoms with Gasteiger partial charge >= 0.3 is 0 Å². The first-order valence-electron chi connectivity index (χ1n) is 9.75. The highest BCUT2D eigenvalue weighted by Gasteiger charge is 2.49. The number of nitro benzene ring substituents is 1. The van der Waals surface area contributed by atoms with Gasteiger partial charge in [0.2, 0.25) is 0 Å². The van der Waals surface area contributed by atoms with Crippen LogP contribution in [-0.4, -0.2) is 28.1 Å². The van der Waals surface area contributed by atoms with Gasteiger partial charge < -0.3 is 0 Å². The van der Waals surface area contributed by atoms with Crippen LogP contribution in [0.15, 0.2) is 89.9 Å². The monoisotopic (exact) mass is 399 g/mol. The molecule has 6 nitrogen and oxygen atoms in total. The van der Waals surface area contributed by atoms with E-state index in [1.54, 1.807) is 17.0 Å². The first-order valence-corrected chi connectivity index (χ1v) is 9.75. The third-order valence-electron chi connectivity index (χ3n) is 5.43. The van der Waals surface area contributed by atoms with Crippen molar-refractivity contribution in [3.63, 3.8) is 0 Å². The van der Waals surface area contributed by atoms with E-state index < -0.39 is 10.5 Å². The highest BCUT2D eigenvalue weighted by atomic mass is 16.6. The molecule has 0 saturated heterocycles. The van der Waals surface area contributed by atoms with E-state index in [1.807, 2.05) is 67.6 Å². The number of benzene rings is 3. The van der Waals surface area contributed by atoms with Crippen molar-refractivity contribution in [2.75, 3.05) is 6.54 Å². The van der Waals surface area contributed by atoms with E-state index >= 15 is 0 Å². The van der Waals surface area contributed by atoms with Crippen molar-refractivity contribution >= 4 is 17.4 Å². The summed E-state index contributed by atoms with van der Waals surface area (Å²) in [6.45, 7) is 2.30. The summed E-state index contributed by atoms with van der Waals surface area (Å²) in [4.78, 5) is 30.7. The Balaban J connectivity index is 1.64. The van der Waals surface area contributed by atoms with Crippen LogP contribution in [0.2, 0.25) is 0 Å². The molecule has 3 aromatic rings. The molecule has 0 unspecified atom stereocenters. The summed E-state index contributed by atoms with van der Waals surface area (Å²) in [6, 6.07) is 25.7. The molecule has 0 aromatic heterocycles. The number of hydrogen-bond acceptors (Lipinski definition) is 4. The first-order chi connectivity index (χ1) is 14.5. The van der Waals surface area contributed by atoms with Crippen LogP contribution in [-0.2, 0) is 16.8 Å². The van der Waals surface area contributed by atoms with Crippen molar-refractivity contribution in [2.45, 2.75) is 18.9 Å². The Morgan fingerprint density at radius 1 is 0.900 bits per heavy atom. The lowest BCUT2D eigenvalue weighted by Crippen LogP contribution is -2.42. The number of rotatable bonds is 6. The highest BCUT2D eigenvalue weighted by molar-refractivity contribution is 6.09. The van der Waals surface area contributed by atoms with Crippen molar-refractivity contribution < 1.29 is 9.72 Å². The number of hydrogen-bond donors (Lipinski definition) is 0. The van der Waals surface area contributed by atoms with Crippen molar-refractivity contribution in [2.24, 2.45) is 4.99 Å². The molecule has 150 valence electrons. The molecule has 1 amide bonds. The highest BCUT2D eigenvalue weighted by Crippen LogP contribution is 2.40. The largest absolute Gasteiger partial charge is 0.298 e. The predicted octanol–water partition coefficient (Wildman–Crippen LogP) is 4.34. The third-order valence-corrected chi connectivity index (χ3v) is 5.43. The zero-order valence-electron chi connectivity index (χ0n) is 16.6. The lowest BCUT2D eigenvalue weighted by atomic mass is 9.83. The fraction of sp³-hybridized carbons (Fsp3) is 0.167. The topological polar surface area (TPSA) is 75.8 Å². The quantitative estimate of drug-likeness (QED) is 0.457.